The molecule has 0 spiro atoms. The monoisotopic (exact) mass is 310 g/mol. The maximum atomic E-state index is 6.01. The molecule has 1 unspecified atom stereocenters. The molecule has 0 N–H and O–H groups in total. The lowest BCUT2D eigenvalue weighted by atomic mass is 10.2. The third-order valence-electron chi connectivity index (χ3n) is 4.08. The zero-order valence-electron chi connectivity index (χ0n) is 13.1. The van der Waals surface area contributed by atoms with Crippen molar-refractivity contribution in [3.8, 4) is 22.9 Å². The summed E-state index contributed by atoms with van der Waals surface area (Å²) >= 11 is 0. The van der Waals surface area contributed by atoms with Gasteiger partial charge in [-0.15, -0.1) is 0 Å². The Kier molecular flexibility index (Phi) is 3.29. The van der Waals surface area contributed by atoms with Crippen LogP contribution in [-0.4, -0.2) is 32.5 Å². The van der Waals surface area contributed by atoms with Crippen LogP contribution in [-0.2, 0) is 7.05 Å². The van der Waals surface area contributed by atoms with Crippen LogP contribution in [0.4, 0.5) is 0 Å². The maximum absolute atomic E-state index is 6.01. The highest BCUT2D eigenvalue weighted by atomic mass is 16.5. The quantitative estimate of drug-likeness (QED) is 0.746. The minimum absolute atomic E-state index is 0.0551. The van der Waals surface area contributed by atoms with Gasteiger partial charge < -0.3 is 14.0 Å². The predicted octanol–water partition coefficient (Wildman–Crippen LogP) is 2.60. The lowest BCUT2D eigenvalue weighted by molar-refractivity contribution is 0.177. The van der Waals surface area contributed by atoms with Gasteiger partial charge in [-0.05, 0) is 19.1 Å². The summed E-state index contributed by atoms with van der Waals surface area (Å²) < 4.78 is 15.8. The van der Waals surface area contributed by atoms with E-state index in [1.54, 1.807) is 4.68 Å². The number of rotatable bonds is 3. The predicted molar refractivity (Wildman–Crippen MR) is 85.6 cm³/mol. The van der Waals surface area contributed by atoms with Crippen molar-refractivity contribution in [2.24, 2.45) is 7.05 Å². The number of imidazole rings is 1. The summed E-state index contributed by atoms with van der Waals surface area (Å²) in [5.74, 6) is 1.64. The zero-order chi connectivity index (χ0) is 15.8. The van der Waals surface area contributed by atoms with E-state index in [4.69, 9.17) is 9.47 Å². The van der Waals surface area contributed by atoms with Gasteiger partial charge in [0.1, 0.15) is 25.0 Å². The van der Waals surface area contributed by atoms with E-state index in [1.165, 1.54) is 0 Å². The third-order valence-corrected chi connectivity index (χ3v) is 4.08. The van der Waals surface area contributed by atoms with Gasteiger partial charge in [-0.2, -0.15) is 5.10 Å². The Hall–Kier alpha value is -2.76. The van der Waals surface area contributed by atoms with Crippen molar-refractivity contribution in [2.45, 2.75) is 13.0 Å². The van der Waals surface area contributed by atoms with Gasteiger partial charge in [-0.25, -0.2) is 9.67 Å². The Morgan fingerprint density at radius 3 is 2.96 bits per heavy atom. The Balaban J connectivity index is 1.64. The van der Waals surface area contributed by atoms with Crippen molar-refractivity contribution in [1.82, 2.24) is 19.3 Å². The molecule has 0 aliphatic carbocycles. The highest BCUT2D eigenvalue weighted by Gasteiger charge is 2.28. The number of fused-ring (bicyclic) bond motifs is 3. The lowest BCUT2D eigenvalue weighted by Crippen LogP contribution is -2.23. The fraction of sp³-hybridized carbons (Fsp3) is 0.294. The van der Waals surface area contributed by atoms with Crippen LogP contribution in [0.2, 0.25) is 0 Å². The average Bonchev–Trinajstić information content (AvgIpc) is 3.09. The normalized spacial score (nSPS) is 16.2. The first kappa shape index (κ1) is 13.9. The van der Waals surface area contributed by atoms with Crippen LogP contribution in [0.15, 0.2) is 42.9 Å². The van der Waals surface area contributed by atoms with Crippen molar-refractivity contribution in [3.63, 3.8) is 0 Å². The summed E-state index contributed by atoms with van der Waals surface area (Å²) in [6.07, 6.45) is 3.69. The smallest absolute Gasteiger partial charge is 0.221 e. The van der Waals surface area contributed by atoms with Crippen LogP contribution in [0.3, 0.4) is 0 Å². The van der Waals surface area contributed by atoms with Gasteiger partial charge in [0.05, 0.1) is 29.5 Å². The van der Waals surface area contributed by atoms with E-state index in [2.05, 4.69) is 14.6 Å². The molecule has 4 rings (SSSR count). The maximum Gasteiger partial charge on any atom is 0.221 e. The first-order chi connectivity index (χ1) is 11.2. The van der Waals surface area contributed by atoms with Gasteiger partial charge in [-0.3, -0.25) is 0 Å². The standard InChI is InChI=1S/C17H18N4O2/c1-12-16-15-8-18-11-21(15)13(10-23-17(16)20(2)19-12)9-22-14-6-4-3-5-7-14/h3-8,11,13H,9-10H2,1-2H3. The fourth-order valence-electron chi connectivity index (χ4n) is 2.98. The van der Waals surface area contributed by atoms with Crippen molar-refractivity contribution in [2.75, 3.05) is 13.2 Å². The topological polar surface area (TPSA) is 54.1 Å². The van der Waals surface area contributed by atoms with Crippen LogP contribution in [0.25, 0.3) is 11.3 Å². The second-order valence-electron chi connectivity index (χ2n) is 5.66. The Bertz CT molecular complexity index is 822. The molecule has 23 heavy (non-hydrogen) atoms. The molecule has 1 aliphatic rings. The minimum Gasteiger partial charge on any atom is -0.491 e. The SMILES string of the molecule is Cc1nn(C)c2c1-c1cncn1C(COc1ccccc1)CO2. The van der Waals surface area contributed by atoms with Gasteiger partial charge >= 0.3 is 0 Å². The van der Waals surface area contributed by atoms with Crippen LogP contribution in [0, 0.1) is 6.92 Å². The van der Waals surface area contributed by atoms with E-state index < -0.39 is 0 Å². The Labute approximate surface area is 134 Å². The first-order valence-electron chi connectivity index (χ1n) is 7.60. The van der Waals surface area contributed by atoms with E-state index in [0.29, 0.717) is 13.2 Å². The molecule has 1 aliphatic heterocycles. The second-order valence-corrected chi connectivity index (χ2v) is 5.66. The molecule has 3 aromatic rings. The number of aromatic nitrogens is 4. The fourth-order valence-corrected chi connectivity index (χ4v) is 2.98. The van der Waals surface area contributed by atoms with Crippen LogP contribution < -0.4 is 9.47 Å². The number of nitrogens with zero attached hydrogens (tertiary/aromatic N) is 4. The number of aryl methyl sites for hydroxylation is 2. The Morgan fingerprint density at radius 1 is 1.30 bits per heavy atom. The first-order valence-corrected chi connectivity index (χ1v) is 7.60. The van der Waals surface area contributed by atoms with Crippen LogP contribution >= 0.6 is 0 Å². The van der Waals surface area contributed by atoms with Crippen molar-refractivity contribution in [1.29, 1.82) is 0 Å². The number of para-hydroxylation sites is 1. The molecule has 0 amide bonds. The van der Waals surface area contributed by atoms with Crippen molar-refractivity contribution >= 4 is 0 Å². The molecule has 1 aromatic carbocycles. The number of hydrogen-bond acceptors (Lipinski definition) is 4. The molecule has 0 fully saturated rings. The van der Waals surface area contributed by atoms with Crippen LogP contribution in [0.1, 0.15) is 11.7 Å². The summed E-state index contributed by atoms with van der Waals surface area (Å²) in [5.41, 5.74) is 2.96. The van der Waals surface area contributed by atoms with E-state index in [0.717, 1.165) is 28.6 Å². The van der Waals surface area contributed by atoms with Crippen LogP contribution in [0.5, 0.6) is 11.6 Å². The molecule has 0 bridgehead atoms. The molecular formula is C17H18N4O2. The zero-order valence-corrected chi connectivity index (χ0v) is 13.1. The summed E-state index contributed by atoms with van der Waals surface area (Å²) in [4.78, 5) is 4.31. The molecule has 0 radical (unpaired) electrons. The average molecular weight is 310 g/mol. The molecule has 1 atom stereocenters. The van der Waals surface area contributed by atoms with Gasteiger partial charge in [0.2, 0.25) is 5.88 Å². The summed E-state index contributed by atoms with van der Waals surface area (Å²) in [6, 6.07) is 9.87. The largest absolute Gasteiger partial charge is 0.491 e. The van der Waals surface area contributed by atoms with Gasteiger partial charge in [0.15, 0.2) is 0 Å². The van der Waals surface area contributed by atoms with Crippen molar-refractivity contribution in [3.05, 3.63) is 48.5 Å². The van der Waals surface area contributed by atoms with E-state index in [1.807, 2.05) is 56.8 Å². The molecule has 6 heteroatoms. The molecule has 2 aromatic heterocycles. The summed E-state index contributed by atoms with van der Waals surface area (Å²) in [7, 11) is 1.90. The van der Waals surface area contributed by atoms with E-state index >= 15 is 0 Å². The summed E-state index contributed by atoms with van der Waals surface area (Å²) in [6.45, 7) is 3.02. The second kappa shape index (κ2) is 5.46. The van der Waals surface area contributed by atoms with E-state index in [9.17, 15) is 0 Å². The molecular weight excluding hydrogens is 292 g/mol. The summed E-state index contributed by atoms with van der Waals surface area (Å²) in [5, 5.41) is 4.45. The Morgan fingerprint density at radius 2 is 2.13 bits per heavy atom. The number of ether oxygens (including phenoxy) is 2. The molecule has 3 heterocycles. The molecule has 6 nitrogen and oxygen atoms in total. The highest BCUT2D eigenvalue weighted by Crippen LogP contribution is 2.37. The number of benzene rings is 1. The third kappa shape index (κ3) is 2.36. The van der Waals surface area contributed by atoms with Crippen molar-refractivity contribution < 1.29 is 9.47 Å². The number of hydrogen-bond donors (Lipinski definition) is 0. The minimum atomic E-state index is 0.0551. The highest BCUT2D eigenvalue weighted by molar-refractivity contribution is 5.68. The molecule has 0 saturated carbocycles. The van der Waals surface area contributed by atoms with Gasteiger partial charge in [0.25, 0.3) is 0 Å². The van der Waals surface area contributed by atoms with Gasteiger partial charge in [0, 0.05) is 7.05 Å². The van der Waals surface area contributed by atoms with E-state index in [-0.39, 0.29) is 6.04 Å². The van der Waals surface area contributed by atoms with Gasteiger partial charge in [-0.1, -0.05) is 18.2 Å². The molecule has 118 valence electrons. The molecule has 0 saturated heterocycles. The lowest BCUT2D eigenvalue weighted by Gasteiger charge is -2.18.